The largest absolute Gasteiger partial charge is 0.368 e. The van der Waals surface area contributed by atoms with Crippen molar-refractivity contribution in [3.8, 4) is 0 Å². The number of hydrogen-bond donors (Lipinski definition) is 1. The van der Waals surface area contributed by atoms with Crippen molar-refractivity contribution in [1.29, 1.82) is 0 Å². The van der Waals surface area contributed by atoms with Crippen molar-refractivity contribution in [2.24, 2.45) is 0 Å². The highest BCUT2D eigenvalue weighted by atomic mass is 32.2. The average Bonchev–Trinajstić information content (AvgIpc) is 3.41. The molecule has 2 aromatic rings. The molecule has 6 nitrogen and oxygen atoms in total. The Morgan fingerprint density at radius 3 is 2.58 bits per heavy atom. The number of nitrogens with zero attached hydrogens (tertiary/aromatic N) is 3. The molecule has 3 rings (SSSR count). The zero-order valence-corrected chi connectivity index (χ0v) is 14.8. The molecule has 0 amide bonds. The first-order valence-corrected chi connectivity index (χ1v) is 9.84. The molecular weight excluding hydrogens is 324 g/mol. The monoisotopic (exact) mass is 346 g/mol. The van der Waals surface area contributed by atoms with Crippen molar-refractivity contribution in [3.63, 3.8) is 0 Å². The maximum absolute atomic E-state index is 12.2. The van der Waals surface area contributed by atoms with Crippen LogP contribution >= 0.6 is 0 Å². The second-order valence-corrected chi connectivity index (χ2v) is 8.19. The Labute approximate surface area is 142 Å². The molecular formula is C17H22N4O2S. The molecule has 2 N–H and O–H groups in total. The van der Waals surface area contributed by atoms with Gasteiger partial charge in [0.25, 0.3) is 0 Å². The number of sulfone groups is 1. The molecule has 128 valence electrons. The summed E-state index contributed by atoms with van der Waals surface area (Å²) in [6, 6.07) is 7.22. The summed E-state index contributed by atoms with van der Waals surface area (Å²) in [5.41, 5.74) is 7.78. The minimum atomic E-state index is -3.21. The highest BCUT2D eigenvalue weighted by molar-refractivity contribution is 7.91. The lowest BCUT2D eigenvalue weighted by molar-refractivity contribution is 0.597. The Hall–Kier alpha value is -2.15. The number of rotatable bonds is 6. The zero-order chi connectivity index (χ0) is 17.3. The van der Waals surface area contributed by atoms with Crippen molar-refractivity contribution < 1.29 is 8.42 Å². The minimum Gasteiger partial charge on any atom is -0.368 e. The summed E-state index contributed by atoms with van der Waals surface area (Å²) in [6.45, 7) is 4.41. The van der Waals surface area contributed by atoms with Crippen LogP contribution in [0, 0.1) is 0 Å². The molecule has 0 radical (unpaired) electrons. The van der Waals surface area contributed by atoms with Gasteiger partial charge < -0.3 is 10.6 Å². The van der Waals surface area contributed by atoms with Gasteiger partial charge >= 0.3 is 0 Å². The number of aromatic nitrogens is 2. The van der Waals surface area contributed by atoms with Gasteiger partial charge in [-0.05, 0) is 55.5 Å². The van der Waals surface area contributed by atoms with E-state index in [9.17, 15) is 8.42 Å². The number of benzene rings is 1. The van der Waals surface area contributed by atoms with E-state index in [-0.39, 0.29) is 11.7 Å². The van der Waals surface area contributed by atoms with E-state index < -0.39 is 9.84 Å². The molecule has 1 heterocycles. The van der Waals surface area contributed by atoms with E-state index in [4.69, 9.17) is 5.73 Å². The van der Waals surface area contributed by atoms with Gasteiger partial charge in [0.2, 0.25) is 5.95 Å². The highest BCUT2D eigenvalue weighted by Gasteiger charge is 2.29. The van der Waals surface area contributed by atoms with Gasteiger partial charge in [-0.3, -0.25) is 0 Å². The van der Waals surface area contributed by atoms with Crippen LogP contribution in [-0.2, 0) is 9.84 Å². The third kappa shape index (κ3) is 3.21. The quantitative estimate of drug-likeness (QED) is 0.865. The highest BCUT2D eigenvalue weighted by Crippen LogP contribution is 2.46. The fourth-order valence-electron chi connectivity index (χ4n) is 2.83. The van der Waals surface area contributed by atoms with Crippen molar-refractivity contribution >= 4 is 27.3 Å². The Morgan fingerprint density at radius 2 is 2.00 bits per heavy atom. The first kappa shape index (κ1) is 16.7. The second-order valence-electron chi connectivity index (χ2n) is 5.92. The smallest absolute Gasteiger partial charge is 0.221 e. The lowest BCUT2D eigenvalue weighted by Gasteiger charge is -2.25. The third-order valence-corrected chi connectivity index (χ3v) is 6.03. The van der Waals surface area contributed by atoms with Crippen LogP contribution in [0.1, 0.15) is 38.2 Å². The van der Waals surface area contributed by atoms with Crippen molar-refractivity contribution in [2.45, 2.75) is 37.5 Å². The number of nitrogen functional groups attached to an aromatic ring is 1. The van der Waals surface area contributed by atoms with Gasteiger partial charge in [-0.25, -0.2) is 13.4 Å². The molecule has 1 saturated carbocycles. The predicted octanol–water partition coefficient (Wildman–Crippen LogP) is 2.89. The summed E-state index contributed by atoms with van der Waals surface area (Å²) >= 11 is 0. The van der Waals surface area contributed by atoms with Crippen molar-refractivity contribution in [3.05, 3.63) is 36.0 Å². The first-order chi connectivity index (χ1) is 11.5. The third-order valence-electron chi connectivity index (χ3n) is 4.30. The SMILES string of the molecule is CCN(c1ccnc(N)n1)c1ccc(S(=O)(=O)CC)cc1C1CC1. The van der Waals surface area contributed by atoms with E-state index in [1.165, 1.54) is 0 Å². The maximum Gasteiger partial charge on any atom is 0.221 e. The molecule has 1 aromatic carbocycles. The first-order valence-electron chi connectivity index (χ1n) is 8.19. The van der Waals surface area contributed by atoms with Crippen LogP contribution < -0.4 is 10.6 Å². The van der Waals surface area contributed by atoms with Gasteiger partial charge in [-0.1, -0.05) is 6.92 Å². The molecule has 0 unspecified atom stereocenters. The van der Waals surface area contributed by atoms with Crippen LogP contribution in [0.15, 0.2) is 35.4 Å². The molecule has 0 aliphatic heterocycles. The van der Waals surface area contributed by atoms with Gasteiger partial charge in [-0.15, -0.1) is 0 Å². The molecule has 1 aromatic heterocycles. The van der Waals surface area contributed by atoms with Crippen molar-refractivity contribution in [2.75, 3.05) is 22.9 Å². The van der Waals surface area contributed by atoms with E-state index >= 15 is 0 Å². The summed E-state index contributed by atoms with van der Waals surface area (Å²) in [6.07, 6.45) is 3.81. The van der Waals surface area contributed by atoms with Crippen LogP contribution in [-0.4, -0.2) is 30.7 Å². The molecule has 0 bridgehead atoms. The Balaban J connectivity index is 2.09. The van der Waals surface area contributed by atoms with Gasteiger partial charge in [0.05, 0.1) is 10.6 Å². The van der Waals surface area contributed by atoms with E-state index in [0.717, 1.165) is 29.9 Å². The Kier molecular flexibility index (Phi) is 4.45. The molecule has 0 spiro atoms. The average molecular weight is 346 g/mol. The van der Waals surface area contributed by atoms with Crippen LogP contribution in [0.2, 0.25) is 0 Å². The summed E-state index contributed by atoms with van der Waals surface area (Å²) in [4.78, 5) is 10.7. The molecule has 7 heteroatoms. The van der Waals surface area contributed by atoms with E-state index in [0.29, 0.717) is 17.4 Å². The minimum absolute atomic E-state index is 0.108. The summed E-state index contributed by atoms with van der Waals surface area (Å²) in [5.74, 6) is 1.47. The second kappa shape index (κ2) is 6.39. The van der Waals surface area contributed by atoms with Crippen LogP contribution in [0.4, 0.5) is 17.5 Å². The van der Waals surface area contributed by atoms with Crippen molar-refractivity contribution in [1.82, 2.24) is 9.97 Å². The number of hydrogen-bond acceptors (Lipinski definition) is 6. The van der Waals surface area contributed by atoms with Gasteiger partial charge in [-0.2, -0.15) is 4.98 Å². The molecule has 0 atom stereocenters. The van der Waals surface area contributed by atoms with Crippen LogP contribution in [0.3, 0.4) is 0 Å². The topological polar surface area (TPSA) is 89.2 Å². The van der Waals surface area contributed by atoms with Gasteiger partial charge in [0.15, 0.2) is 9.84 Å². The molecule has 1 fully saturated rings. The van der Waals surface area contributed by atoms with Crippen LogP contribution in [0.25, 0.3) is 0 Å². The fraction of sp³-hybridized carbons (Fsp3) is 0.412. The lowest BCUT2D eigenvalue weighted by atomic mass is 10.1. The molecule has 24 heavy (non-hydrogen) atoms. The normalized spacial score (nSPS) is 14.6. The van der Waals surface area contributed by atoms with Gasteiger partial charge in [0.1, 0.15) is 5.82 Å². The summed E-state index contributed by atoms with van der Waals surface area (Å²) in [7, 11) is -3.21. The predicted molar refractivity (Wildman–Crippen MR) is 95.3 cm³/mol. The standard InChI is InChI=1S/C17H22N4O2S/c1-3-21(16-9-10-19-17(18)20-16)15-8-7-13(24(22,23)4-2)11-14(15)12-5-6-12/h7-12H,3-6H2,1-2H3,(H2,18,19,20). The van der Waals surface area contributed by atoms with Crippen LogP contribution in [0.5, 0.6) is 0 Å². The van der Waals surface area contributed by atoms with E-state index in [2.05, 4.69) is 9.97 Å². The zero-order valence-electron chi connectivity index (χ0n) is 13.9. The number of anilines is 3. The molecule has 0 saturated heterocycles. The Bertz CT molecular complexity index is 847. The lowest BCUT2D eigenvalue weighted by Crippen LogP contribution is -2.20. The Morgan fingerprint density at radius 1 is 1.25 bits per heavy atom. The summed E-state index contributed by atoms with van der Waals surface area (Å²) < 4.78 is 24.4. The maximum atomic E-state index is 12.2. The summed E-state index contributed by atoms with van der Waals surface area (Å²) in [5, 5.41) is 0. The fourth-order valence-corrected chi connectivity index (χ4v) is 3.74. The van der Waals surface area contributed by atoms with Gasteiger partial charge in [0, 0.05) is 18.4 Å². The number of nitrogens with two attached hydrogens (primary N) is 1. The molecule has 1 aliphatic rings. The van der Waals surface area contributed by atoms with E-state index in [1.807, 2.05) is 30.0 Å². The van der Waals surface area contributed by atoms with E-state index in [1.54, 1.807) is 19.2 Å². The molecule has 1 aliphatic carbocycles.